The molecule has 1 rings (SSSR count). The molecule has 0 bridgehead atoms. The van der Waals surface area contributed by atoms with Gasteiger partial charge in [-0.15, -0.1) is 0 Å². The lowest BCUT2D eigenvalue weighted by Crippen LogP contribution is -2.34. The normalized spacial score (nSPS) is 12.8. The van der Waals surface area contributed by atoms with Gasteiger partial charge in [-0.2, -0.15) is 5.16 Å². The van der Waals surface area contributed by atoms with Crippen molar-refractivity contribution in [1.82, 2.24) is 5.16 Å². The van der Waals surface area contributed by atoms with Crippen LogP contribution >= 0.6 is 0 Å². The van der Waals surface area contributed by atoms with Gasteiger partial charge in [0.15, 0.2) is 0 Å². The van der Waals surface area contributed by atoms with Crippen molar-refractivity contribution in [2.24, 2.45) is 5.73 Å². The van der Waals surface area contributed by atoms with Crippen molar-refractivity contribution < 1.29 is 14.4 Å². The summed E-state index contributed by atoms with van der Waals surface area (Å²) in [5.41, 5.74) is 5.50. The quantitative estimate of drug-likeness (QED) is 0.664. The number of H-pyrrole nitrogens is 1. The highest BCUT2D eigenvalue weighted by atomic mass is 16.5. The third-order valence-electron chi connectivity index (χ3n) is 3.21. The van der Waals surface area contributed by atoms with E-state index in [4.69, 9.17) is 15.4 Å². The highest BCUT2D eigenvalue weighted by molar-refractivity contribution is 5.73. The van der Waals surface area contributed by atoms with Crippen LogP contribution < -0.4 is 11.3 Å². The summed E-state index contributed by atoms with van der Waals surface area (Å²) in [5.74, 6) is -0.399. The Balaban J connectivity index is 3.00. The van der Waals surface area contributed by atoms with Crippen molar-refractivity contribution in [3.8, 4) is 0 Å². The number of carboxylic acids is 1. The molecule has 1 aromatic rings. The molecule has 0 saturated heterocycles. The van der Waals surface area contributed by atoms with Gasteiger partial charge in [0.2, 0.25) is 0 Å². The fourth-order valence-electron chi connectivity index (χ4n) is 2.27. The number of carbonyl (C=O) groups is 1. The molecule has 4 N–H and O–H groups in total. The first kappa shape index (κ1) is 15.5. The van der Waals surface area contributed by atoms with Crippen LogP contribution in [-0.2, 0) is 11.2 Å². The van der Waals surface area contributed by atoms with Gasteiger partial charge < -0.3 is 15.4 Å². The van der Waals surface area contributed by atoms with Crippen molar-refractivity contribution in [3.05, 3.63) is 21.7 Å². The van der Waals surface area contributed by atoms with E-state index in [9.17, 15) is 9.59 Å². The number of hydrogen-bond donors (Lipinski definition) is 3. The Hall–Kier alpha value is -1.56. The molecule has 6 heteroatoms. The molecule has 0 aliphatic heterocycles. The molecule has 1 aromatic heterocycles. The summed E-state index contributed by atoms with van der Waals surface area (Å²) in [6.45, 7) is 4.13. The number of carboxylic acid groups (broad SMARTS) is 1. The molecular formula is C13H22N2O4. The largest absolute Gasteiger partial charge is 0.480 e. The predicted molar refractivity (Wildman–Crippen MR) is 71.2 cm³/mol. The number of nitrogens with one attached hydrogen (secondary N) is 1. The van der Waals surface area contributed by atoms with E-state index in [2.05, 4.69) is 19.0 Å². The number of hydrogen-bond acceptors (Lipinski definition) is 4. The van der Waals surface area contributed by atoms with E-state index >= 15 is 0 Å². The van der Waals surface area contributed by atoms with Gasteiger partial charge in [0, 0.05) is 12.3 Å². The standard InChI is InChI=1S/C13H22N2O4/c1-3-5-8(6-4-2)11-9(12(16)15-19-11)7-10(14)13(17)18/h8,10H,3-7,14H2,1-2H3,(H,15,16)(H,17,18)/t10-/m1/s1. The zero-order valence-electron chi connectivity index (χ0n) is 11.4. The smallest absolute Gasteiger partial charge is 0.320 e. The summed E-state index contributed by atoms with van der Waals surface area (Å²) >= 11 is 0. The maximum atomic E-state index is 11.7. The van der Waals surface area contributed by atoms with Crippen LogP contribution in [0.1, 0.15) is 56.8 Å². The molecule has 0 spiro atoms. The third-order valence-corrected chi connectivity index (χ3v) is 3.21. The van der Waals surface area contributed by atoms with Crippen LogP contribution in [0.4, 0.5) is 0 Å². The van der Waals surface area contributed by atoms with Crippen LogP contribution in [0.5, 0.6) is 0 Å². The molecule has 0 aliphatic rings. The lowest BCUT2D eigenvalue weighted by molar-refractivity contribution is -0.138. The zero-order valence-corrected chi connectivity index (χ0v) is 11.4. The first-order valence-electron chi connectivity index (χ1n) is 6.69. The molecule has 0 radical (unpaired) electrons. The van der Waals surface area contributed by atoms with Crippen molar-refractivity contribution in [2.75, 3.05) is 0 Å². The number of nitrogens with two attached hydrogens (primary N) is 1. The molecule has 0 aliphatic carbocycles. The second kappa shape index (κ2) is 7.13. The molecule has 0 saturated carbocycles. The zero-order chi connectivity index (χ0) is 14.4. The minimum atomic E-state index is -1.12. The van der Waals surface area contributed by atoms with E-state index in [0.717, 1.165) is 25.7 Å². The van der Waals surface area contributed by atoms with Crippen molar-refractivity contribution >= 4 is 5.97 Å². The second-order valence-corrected chi connectivity index (χ2v) is 4.80. The molecular weight excluding hydrogens is 248 g/mol. The van der Waals surface area contributed by atoms with Crippen molar-refractivity contribution in [3.63, 3.8) is 0 Å². The molecule has 1 heterocycles. The van der Waals surface area contributed by atoms with Gasteiger partial charge >= 0.3 is 5.97 Å². The van der Waals surface area contributed by atoms with E-state index < -0.39 is 12.0 Å². The summed E-state index contributed by atoms with van der Waals surface area (Å²) < 4.78 is 5.26. The highest BCUT2D eigenvalue weighted by Gasteiger charge is 2.24. The molecule has 0 aromatic carbocycles. The number of aromatic nitrogens is 1. The number of rotatable bonds is 8. The SMILES string of the molecule is CCCC(CCC)c1o[nH]c(=O)c1C[C@@H](N)C(=O)O. The Morgan fingerprint density at radius 3 is 2.42 bits per heavy atom. The Labute approximate surface area is 112 Å². The van der Waals surface area contributed by atoms with Gasteiger partial charge in [0.1, 0.15) is 11.8 Å². The molecule has 0 amide bonds. The Morgan fingerprint density at radius 2 is 1.95 bits per heavy atom. The minimum absolute atomic E-state index is 0.000425. The van der Waals surface area contributed by atoms with Crippen molar-refractivity contribution in [1.29, 1.82) is 0 Å². The maximum Gasteiger partial charge on any atom is 0.320 e. The van der Waals surface area contributed by atoms with Gasteiger partial charge in [-0.05, 0) is 12.8 Å². The summed E-state index contributed by atoms with van der Waals surface area (Å²) in [4.78, 5) is 22.5. The molecule has 19 heavy (non-hydrogen) atoms. The highest BCUT2D eigenvalue weighted by Crippen LogP contribution is 2.28. The Kier molecular flexibility index (Phi) is 5.82. The van der Waals surface area contributed by atoms with Gasteiger partial charge in [0.25, 0.3) is 5.56 Å². The summed E-state index contributed by atoms with van der Waals surface area (Å²) in [6.07, 6.45) is 3.77. The average Bonchev–Trinajstić information content (AvgIpc) is 2.71. The van der Waals surface area contributed by atoms with Gasteiger partial charge in [-0.25, -0.2) is 0 Å². The molecule has 108 valence electrons. The van der Waals surface area contributed by atoms with Crippen LogP contribution in [0.25, 0.3) is 0 Å². The maximum absolute atomic E-state index is 11.7. The molecule has 0 unspecified atom stereocenters. The fraction of sp³-hybridized carbons (Fsp3) is 0.692. The van der Waals surface area contributed by atoms with Crippen LogP contribution in [0.3, 0.4) is 0 Å². The minimum Gasteiger partial charge on any atom is -0.480 e. The summed E-state index contributed by atoms with van der Waals surface area (Å²) in [7, 11) is 0. The Bertz CT molecular complexity index is 457. The third kappa shape index (κ3) is 3.96. The lowest BCUT2D eigenvalue weighted by Gasteiger charge is -2.14. The second-order valence-electron chi connectivity index (χ2n) is 4.80. The van der Waals surface area contributed by atoms with Crippen LogP contribution in [-0.4, -0.2) is 22.3 Å². The van der Waals surface area contributed by atoms with E-state index in [-0.39, 0.29) is 17.9 Å². The average molecular weight is 270 g/mol. The van der Waals surface area contributed by atoms with E-state index in [1.807, 2.05) is 0 Å². The van der Waals surface area contributed by atoms with E-state index in [1.165, 1.54) is 0 Å². The van der Waals surface area contributed by atoms with Gasteiger partial charge in [-0.3, -0.25) is 9.59 Å². The van der Waals surface area contributed by atoms with Gasteiger partial charge in [0.05, 0.1) is 5.56 Å². The summed E-state index contributed by atoms with van der Waals surface area (Å²) in [5, 5.41) is 11.1. The first-order valence-corrected chi connectivity index (χ1v) is 6.69. The van der Waals surface area contributed by atoms with Crippen LogP contribution in [0, 0.1) is 0 Å². The summed E-state index contributed by atoms with van der Waals surface area (Å²) in [6, 6.07) is -1.08. The first-order chi connectivity index (χ1) is 9.01. The van der Waals surface area contributed by atoms with Crippen LogP contribution in [0.2, 0.25) is 0 Å². The predicted octanol–water partition coefficient (Wildman–Crippen LogP) is 1.61. The molecule has 6 nitrogen and oxygen atoms in total. The lowest BCUT2D eigenvalue weighted by atomic mass is 9.91. The topological polar surface area (TPSA) is 109 Å². The van der Waals surface area contributed by atoms with Crippen molar-refractivity contribution in [2.45, 2.75) is 57.9 Å². The van der Waals surface area contributed by atoms with E-state index in [1.54, 1.807) is 0 Å². The fourth-order valence-corrected chi connectivity index (χ4v) is 2.27. The van der Waals surface area contributed by atoms with Crippen LogP contribution in [0.15, 0.2) is 9.32 Å². The molecule has 0 fully saturated rings. The van der Waals surface area contributed by atoms with E-state index in [0.29, 0.717) is 11.3 Å². The molecule has 1 atom stereocenters. The monoisotopic (exact) mass is 270 g/mol. The Morgan fingerprint density at radius 1 is 1.37 bits per heavy atom. The number of aliphatic carboxylic acids is 1. The van der Waals surface area contributed by atoms with Gasteiger partial charge in [-0.1, -0.05) is 26.7 Å². The number of aromatic amines is 1.